The summed E-state index contributed by atoms with van der Waals surface area (Å²) in [5.41, 5.74) is 5.61. The highest BCUT2D eigenvalue weighted by atomic mass is 16.3. The van der Waals surface area contributed by atoms with E-state index in [2.05, 4.69) is 59.2 Å². The summed E-state index contributed by atoms with van der Waals surface area (Å²) in [5, 5.41) is 5.61. The van der Waals surface area contributed by atoms with Gasteiger partial charge in [-0.3, -0.25) is 9.59 Å². The number of hydrogen-bond donors (Lipinski definition) is 2. The van der Waals surface area contributed by atoms with Gasteiger partial charge in [0.05, 0.1) is 12.8 Å². The van der Waals surface area contributed by atoms with Gasteiger partial charge in [0.1, 0.15) is 0 Å². The Hall–Kier alpha value is -3.34. The molecule has 6 rings (SSSR count). The Kier molecular flexibility index (Phi) is 4.43. The minimum absolute atomic E-state index is 0.0620. The fourth-order valence-corrected chi connectivity index (χ4v) is 4.92. The summed E-state index contributed by atoms with van der Waals surface area (Å²) in [7, 11) is 0. The van der Waals surface area contributed by atoms with Gasteiger partial charge >= 0.3 is 0 Å². The zero-order chi connectivity index (χ0) is 19.8. The second-order valence-electron chi connectivity index (χ2n) is 7.75. The van der Waals surface area contributed by atoms with Crippen molar-refractivity contribution in [1.82, 2.24) is 10.6 Å². The minimum Gasteiger partial charge on any atom is -0.459 e. The second kappa shape index (κ2) is 7.24. The fourth-order valence-electron chi connectivity index (χ4n) is 4.92. The SMILES string of the molecule is O=C(CNC(=O)c1ccco1)NC[C@@H]1CC2c3ccccc3C1c1ccccc12. The van der Waals surface area contributed by atoms with Crippen LogP contribution < -0.4 is 10.6 Å². The van der Waals surface area contributed by atoms with Crippen LogP contribution in [0.1, 0.15) is 51.1 Å². The average Bonchev–Trinajstić information content (AvgIpc) is 3.31. The van der Waals surface area contributed by atoms with E-state index in [1.807, 2.05) is 0 Å². The summed E-state index contributed by atoms with van der Waals surface area (Å²) in [6.07, 6.45) is 2.46. The van der Waals surface area contributed by atoms with Gasteiger partial charge in [0.25, 0.3) is 5.91 Å². The standard InChI is InChI=1S/C24H22N2O3/c27-22(14-26-24(28)21-10-5-11-29-21)25-13-15-12-20-16-6-1-3-8-18(16)23(15)19-9-4-2-7-17(19)20/h1-11,15,20,23H,12-14H2,(H,25,27)(H,26,28)/t15-,20?,23?/m0/s1. The summed E-state index contributed by atoms with van der Waals surface area (Å²) in [6.45, 7) is 0.535. The van der Waals surface area contributed by atoms with Crippen LogP contribution in [0, 0.1) is 5.92 Å². The van der Waals surface area contributed by atoms with E-state index in [0.717, 1.165) is 6.42 Å². The van der Waals surface area contributed by atoms with Crippen molar-refractivity contribution < 1.29 is 14.0 Å². The van der Waals surface area contributed by atoms with Crippen LogP contribution in [-0.2, 0) is 4.79 Å². The Morgan fingerprint density at radius 3 is 2.14 bits per heavy atom. The number of carbonyl (C=O) groups excluding carboxylic acids is 2. The maximum atomic E-state index is 12.3. The van der Waals surface area contributed by atoms with Gasteiger partial charge in [0.15, 0.2) is 5.76 Å². The largest absolute Gasteiger partial charge is 0.459 e. The number of amides is 2. The Bertz CT molecular complexity index is 1010. The van der Waals surface area contributed by atoms with Crippen molar-refractivity contribution in [2.75, 3.05) is 13.1 Å². The maximum absolute atomic E-state index is 12.3. The summed E-state index contributed by atoms with van der Waals surface area (Å²) in [6, 6.07) is 20.6. The third-order valence-electron chi connectivity index (χ3n) is 6.14. The molecule has 1 aromatic heterocycles. The smallest absolute Gasteiger partial charge is 0.287 e. The number of nitrogens with one attached hydrogen (secondary N) is 2. The summed E-state index contributed by atoms with van der Waals surface area (Å²) in [5.74, 6) is 0.654. The first-order chi connectivity index (χ1) is 14.2. The zero-order valence-corrected chi connectivity index (χ0v) is 15.9. The van der Waals surface area contributed by atoms with E-state index in [1.165, 1.54) is 28.5 Å². The molecule has 5 heteroatoms. The Labute approximate surface area is 169 Å². The molecule has 0 unspecified atom stereocenters. The van der Waals surface area contributed by atoms with Crippen LogP contribution in [-0.4, -0.2) is 24.9 Å². The minimum atomic E-state index is -0.385. The highest BCUT2D eigenvalue weighted by Gasteiger charge is 2.42. The number of benzene rings is 2. The quantitative estimate of drug-likeness (QED) is 0.706. The van der Waals surface area contributed by atoms with E-state index < -0.39 is 0 Å². The highest BCUT2D eigenvalue weighted by Crippen LogP contribution is 2.55. The Balaban J connectivity index is 1.27. The van der Waals surface area contributed by atoms with Gasteiger partial charge in [-0.2, -0.15) is 0 Å². The normalized spacial score (nSPS) is 21.2. The first-order valence-electron chi connectivity index (χ1n) is 9.98. The molecule has 2 bridgehead atoms. The predicted molar refractivity (Wildman–Crippen MR) is 109 cm³/mol. The molecule has 1 heterocycles. The maximum Gasteiger partial charge on any atom is 0.287 e. The summed E-state index contributed by atoms with van der Waals surface area (Å²) >= 11 is 0. The van der Waals surface area contributed by atoms with Crippen molar-refractivity contribution in [3.05, 3.63) is 94.9 Å². The average molecular weight is 386 g/mol. The molecule has 2 N–H and O–H groups in total. The lowest BCUT2D eigenvalue weighted by Gasteiger charge is -2.45. The van der Waals surface area contributed by atoms with Gasteiger partial charge in [-0.15, -0.1) is 0 Å². The van der Waals surface area contributed by atoms with Crippen LogP contribution in [0.4, 0.5) is 0 Å². The second-order valence-corrected chi connectivity index (χ2v) is 7.75. The van der Waals surface area contributed by atoms with Gasteiger partial charge in [-0.05, 0) is 46.7 Å². The number of furan rings is 1. The van der Waals surface area contributed by atoms with E-state index in [9.17, 15) is 9.59 Å². The Morgan fingerprint density at radius 2 is 1.52 bits per heavy atom. The molecule has 5 nitrogen and oxygen atoms in total. The van der Waals surface area contributed by atoms with Crippen molar-refractivity contribution in [3.63, 3.8) is 0 Å². The third kappa shape index (κ3) is 3.12. The molecule has 0 aliphatic heterocycles. The molecule has 1 atom stereocenters. The molecule has 3 aromatic rings. The molecule has 2 amide bonds. The molecule has 0 spiro atoms. The first-order valence-corrected chi connectivity index (χ1v) is 9.98. The van der Waals surface area contributed by atoms with Gasteiger partial charge in [-0.25, -0.2) is 0 Å². The molecule has 29 heavy (non-hydrogen) atoms. The molecule has 0 radical (unpaired) electrons. The third-order valence-corrected chi connectivity index (χ3v) is 6.14. The topological polar surface area (TPSA) is 71.3 Å². The first kappa shape index (κ1) is 17.7. The predicted octanol–water partition coefficient (Wildman–Crippen LogP) is 3.42. The molecule has 146 valence electrons. The van der Waals surface area contributed by atoms with Crippen molar-refractivity contribution in [2.24, 2.45) is 5.92 Å². The fraction of sp³-hybridized carbons (Fsp3) is 0.250. The molecular weight excluding hydrogens is 364 g/mol. The van der Waals surface area contributed by atoms with Crippen LogP contribution in [0.3, 0.4) is 0 Å². The molecule has 3 aliphatic carbocycles. The van der Waals surface area contributed by atoms with E-state index >= 15 is 0 Å². The molecule has 0 fully saturated rings. The number of hydrogen-bond acceptors (Lipinski definition) is 3. The van der Waals surface area contributed by atoms with Crippen LogP contribution in [0.15, 0.2) is 71.3 Å². The van der Waals surface area contributed by atoms with Crippen molar-refractivity contribution in [3.8, 4) is 0 Å². The number of fused-ring (bicyclic) bond motifs is 1. The van der Waals surface area contributed by atoms with Crippen molar-refractivity contribution in [2.45, 2.75) is 18.3 Å². The number of carbonyl (C=O) groups is 2. The molecule has 0 saturated carbocycles. The van der Waals surface area contributed by atoms with Crippen LogP contribution >= 0.6 is 0 Å². The lowest BCUT2D eigenvalue weighted by Crippen LogP contribution is -2.42. The molecule has 2 aromatic carbocycles. The van der Waals surface area contributed by atoms with E-state index in [-0.39, 0.29) is 24.1 Å². The molecule has 3 aliphatic rings. The lowest BCUT2D eigenvalue weighted by atomic mass is 9.59. The zero-order valence-electron chi connectivity index (χ0n) is 15.9. The van der Waals surface area contributed by atoms with Gasteiger partial charge in [0, 0.05) is 18.4 Å². The monoisotopic (exact) mass is 386 g/mol. The van der Waals surface area contributed by atoms with Gasteiger partial charge in [-0.1, -0.05) is 48.5 Å². The molecule has 0 saturated heterocycles. The van der Waals surface area contributed by atoms with E-state index in [1.54, 1.807) is 12.1 Å². The van der Waals surface area contributed by atoms with Crippen molar-refractivity contribution >= 4 is 11.8 Å². The van der Waals surface area contributed by atoms with Crippen LogP contribution in [0.5, 0.6) is 0 Å². The van der Waals surface area contributed by atoms with E-state index in [4.69, 9.17) is 4.42 Å². The molecular formula is C24H22N2O3. The van der Waals surface area contributed by atoms with Crippen LogP contribution in [0.2, 0.25) is 0 Å². The highest BCUT2D eigenvalue weighted by molar-refractivity contribution is 5.94. The van der Waals surface area contributed by atoms with Crippen molar-refractivity contribution in [1.29, 1.82) is 0 Å². The summed E-state index contributed by atoms with van der Waals surface area (Å²) < 4.78 is 5.04. The van der Waals surface area contributed by atoms with Crippen LogP contribution in [0.25, 0.3) is 0 Å². The summed E-state index contributed by atoms with van der Waals surface area (Å²) in [4.78, 5) is 24.2. The van der Waals surface area contributed by atoms with E-state index in [0.29, 0.717) is 24.3 Å². The Morgan fingerprint density at radius 1 is 0.862 bits per heavy atom. The number of rotatable bonds is 5. The lowest BCUT2D eigenvalue weighted by molar-refractivity contribution is -0.120. The van der Waals surface area contributed by atoms with Gasteiger partial charge in [0.2, 0.25) is 5.91 Å². The van der Waals surface area contributed by atoms with Gasteiger partial charge < -0.3 is 15.1 Å².